The molecule has 3 fully saturated rings. The van der Waals surface area contributed by atoms with E-state index >= 15 is 0 Å². The number of benzene rings is 2. The zero-order valence-electron chi connectivity index (χ0n) is 29.7. The lowest BCUT2D eigenvalue weighted by Gasteiger charge is -2.33. The third kappa shape index (κ3) is 8.16. The summed E-state index contributed by atoms with van der Waals surface area (Å²) in [5.41, 5.74) is 0.382. The van der Waals surface area contributed by atoms with Crippen LogP contribution in [0.2, 0.25) is 0 Å². The van der Waals surface area contributed by atoms with Crippen molar-refractivity contribution in [2.45, 2.75) is 63.3 Å². The number of rotatable bonds is 9. The van der Waals surface area contributed by atoms with Gasteiger partial charge in [0.05, 0.1) is 23.3 Å². The molecule has 4 aliphatic heterocycles. The first-order valence-corrected chi connectivity index (χ1v) is 18.2. The van der Waals surface area contributed by atoms with Crippen LogP contribution in [0.4, 0.5) is 30.4 Å². The van der Waals surface area contributed by atoms with Gasteiger partial charge in [-0.05, 0) is 80.5 Å². The van der Waals surface area contributed by atoms with Crippen molar-refractivity contribution in [3.63, 3.8) is 0 Å². The van der Waals surface area contributed by atoms with E-state index in [1.54, 1.807) is 35.4 Å². The van der Waals surface area contributed by atoms with Gasteiger partial charge in [-0.25, -0.2) is 9.83 Å². The van der Waals surface area contributed by atoms with Gasteiger partial charge >= 0.3 is 6.18 Å². The van der Waals surface area contributed by atoms with Crippen LogP contribution in [-0.2, 0) is 27.0 Å². The Bertz CT molecular complexity index is 2050. The van der Waals surface area contributed by atoms with Crippen LogP contribution in [0, 0.1) is 12.5 Å². The number of ether oxygens (including phenoxy) is 1. The van der Waals surface area contributed by atoms with Gasteiger partial charge < -0.3 is 19.9 Å². The summed E-state index contributed by atoms with van der Waals surface area (Å²) in [6, 6.07) is 11.1. The molecule has 4 aliphatic rings. The minimum absolute atomic E-state index is 0.0532. The number of hydrogen-bond donors (Lipinski definition) is 2. The summed E-state index contributed by atoms with van der Waals surface area (Å²) < 4.78 is 46.5. The van der Waals surface area contributed by atoms with Crippen LogP contribution >= 0.6 is 0 Å². The van der Waals surface area contributed by atoms with Gasteiger partial charge in [0.15, 0.2) is 5.69 Å². The van der Waals surface area contributed by atoms with E-state index in [1.165, 1.54) is 12.1 Å². The predicted molar refractivity (Wildman–Crippen MR) is 192 cm³/mol. The van der Waals surface area contributed by atoms with Crippen LogP contribution in [-0.4, -0.2) is 89.2 Å². The molecule has 5 heterocycles. The number of likely N-dealkylation sites (tertiary alicyclic amines) is 1. The highest BCUT2D eigenvalue weighted by Crippen LogP contribution is 2.39. The monoisotopic (exact) mass is 757 g/mol. The molecule has 286 valence electrons. The van der Waals surface area contributed by atoms with Crippen LogP contribution in [0.3, 0.4) is 0 Å². The molecular weight excluding hydrogens is 719 g/mol. The second kappa shape index (κ2) is 15.5. The van der Waals surface area contributed by atoms with Gasteiger partial charge in [-0.3, -0.25) is 34.2 Å². The van der Waals surface area contributed by atoms with Gasteiger partial charge in [-0.15, -0.1) is 0 Å². The molecule has 1 aromatic heterocycles. The van der Waals surface area contributed by atoms with Crippen LogP contribution in [0.25, 0.3) is 4.85 Å². The number of pyridine rings is 1. The average molecular weight is 758 g/mol. The molecule has 0 saturated carbocycles. The average Bonchev–Trinajstić information content (AvgIpc) is 3.42. The number of halogens is 3. The molecule has 0 bridgehead atoms. The predicted octanol–water partition coefficient (Wildman–Crippen LogP) is 4.99. The lowest BCUT2D eigenvalue weighted by atomic mass is 9.95. The van der Waals surface area contributed by atoms with E-state index in [2.05, 4.69) is 25.4 Å². The van der Waals surface area contributed by atoms with Crippen molar-refractivity contribution < 1.29 is 41.9 Å². The molecule has 16 heteroatoms. The van der Waals surface area contributed by atoms with E-state index in [1.807, 2.05) is 6.07 Å². The van der Waals surface area contributed by atoms with E-state index in [9.17, 15) is 37.1 Å². The quantitative estimate of drug-likeness (QED) is 0.228. The number of anilines is 2. The number of fused-ring (bicyclic) bond motifs is 1. The number of aromatic nitrogens is 1. The molecule has 1 atom stereocenters. The van der Waals surface area contributed by atoms with Crippen molar-refractivity contribution in [2.75, 3.05) is 42.9 Å². The Balaban J connectivity index is 0.834. The van der Waals surface area contributed by atoms with Crippen LogP contribution < -0.4 is 20.3 Å². The maximum Gasteiger partial charge on any atom is 0.407 e. The largest absolute Gasteiger partial charge is 0.490 e. The number of carbonyl (C=O) groups excluding carboxylic acids is 5. The molecule has 3 aromatic rings. The number of hydrogen-bond acceptors (Lipinski definition) is 9. The van der Waals surface area contributed by atoms with Gasteiger partial charge in [-0.1, -0.05) is 12.1 Å². The fourth-order valence-corrected chi connectivity index (χ4v) is 7.57. The first kappa shape index (κ1) is 37.5. The normalized spacial score (nSPS) is 19.9. The fourth-order valence-electron chi connectivity index (χ4n) is 7.57. The van der Waals surface area contributed by atoms with Crippen molar-refractivity contribution in [1.29, 1.82) is 0 Å². The number of nitrogens with zero attached hydrogens (tertiary/aromatic N) is 5. The van der Waals surface area contributed by atoms with E-state index in [4.69, 9.17) is 11.3 Å². The second-order valence-electron chi connectivity index (χ2n) is 14.2. The third-order valence-corrected chi connectivity index (χ3v) is 10.7. The lowest BCUT2D eigenvalue weighted by Crippen LogP contribution is -2.54. The van der Waals surface area contributed by atoms with E-state index < -0.39 is 47.1 Å². The zero-order chi connectivity index (χ0) is 38.9. The van der Waals surface area contributed by atoms with Crippen LogP contribution in [0.5, 0.6) is 5.75 Å². The molecule has 1 unspecified atom stereocenters. The van der Waals surface area contributed by atoms with E-state index in [0.717, 1.165) is 55.4 Å². The highest BCUT2D eigenvalue weighted by molar-refractivity contribution is 6.23. The highest BCUT2D eigenvalue weighted by atomic mass is 19.4. The summed E-state index contributed by atoms with van der Waals surface area (Å²) >= 11 is 0. The molecule has 5 amide bonds. The Kier molecular flexibility index (Phi) is 10.6. The molecule has 7 rings (SSSR count). The number of imide groups is 2. The van der Waals surface area contributed by atoms with E-state index in [-0.39, 0.29) is 41.9 Å². The summed E-state index contributed by atoms with van der Waals surface area (Å²) in [4.78, 5) is 75.5. The van der Waals surface area contributed by atoms with E-state index in [0.29, 0.717) is 43.2 Å². The molecule has 13 nitrogen and oxygen atoms in total. The smallest absolute Gasteiger partial charge is 0.407 e. The number of nitrogens with one attached hydrogen (secondary N) is 2. The Morgan fingerprint density at radius 3 is 2.35 bits per heavy atom. The number of amides is 5. The van der Waals surface area contributed by atoms with Gasteiger partial charge in [0.25, 0.3) is 11.8 Å². The summed E-state index contributed by atoms with van der Waals surface area (Å²) in [6.07, 6.45) is 0.390. The van der Waals surface area contributed by atoms with Crippen molar-refractivity contribution in [1.82, 2.24) is 20.1 Å². The molecule has 0 spiro atoms. The van der Waals surface area contributed by atoms with Gasteiger partial charge in [0.2, 0.25) is 17.7 Å². The Hall–Kier alpha value is -5.82. The fraction of sp³-hybridized carbons (Fsp3) is 0.410. The molecule has 2 N–H and O–H groups in total. The summed E-state index contributed by atoms with van der Waals surface area (Å²) in [6.45, 7) is 10.3. The molecule has 55 heavy (non-hydrogen) atoms. The van der Waals surface area contributed by atoms with Gasteiger partial charge in [0.1, 0.15) is 23.7 Å². The van der Waals surface area contributed by atoms with Crippen molar-refractivity contribution >= 4 is 46.7 Å². The highest BCUT2D eigenvalue weighted by Gasteiger charge is 2.45. The van der Waals surface area contributed by atoms with Crippen molar-refractivity contribution in [2.24, 2.45) is 5.92 Å². The summed E-state index contributed by atoms with van der Waals surface area (Å²) in [5, 5.41) is 5.06. The standard InChI is InChI=1S/C39H38F3N7O6/c1-43-31-6-3-25(20-30(31)39(40,41)42)48-18-11-24(12-19-48)35(51)45-33-8-2-23(22-44-33)10-15-47-16-13-26(14-17-47)55-27-4-5-28-29(21-27)38(54)49(37(28)53)32-7-9-34(50)46-36(32)52/h2-6,8,20-22,24,26,32H,7,9-19H2,(H,44,45,51)(H,46,50,52). The Morgan fingerprint density at radius 1 is 0.927 bits per heavy atom. The summed E-state index contributed by atoms with van der Waals surface area (Å²) in [5.74, 6) is -1.80. The molecular formula is C39H38F3N7O6. The first-order chi connectivity index (χ1) is 26.4. The van der Waals surface area contributed by atoms with Crippen molar-refractivity contribution in [3.8, 4) is 5.75 Å². The maximum atomic E-state index is 13.4. The molecule has 0 radical (unpaired) electrons. The minimum atomic E-state index is -4.63. The van der Waals surface area contributed by atoms with Gasteiger partial charge in [-0.2, -0.15) is 13.2 Å². The van der Waals surface area contributed by atoms with Crippen LogP contribution in [0.15, 0.2) is 54.7 Å². The molecule has 2 aromatic carbocycles. The topological polar surface area (TPSA) is 146 Å². The van der Waals surface area contributed by atoms with Crippen molar-refractivity contribution in [3.05, 3.63) is 88.4 Å². The SMILES string of the molecule is [C-]#[N+]c1ccc(N2CCC(C(=O)Nc3ccc(CCN4CCC(Oc5ccc6c(c5)C(=O)N(C5CCC(=O)NC5=O)C6=O)CC4)cn3)CC2)cc1C(F)(F)F. The minimum Gasteiger partial charge on any atom is -0.490 e. The number of alkyl halides is 3. The Labute approximate surface area is 314 Å². The molecule has 0 aliphatic carbocycles. The number of carbonyl (C=O) groups is 5. The third-order valence-electron chi connectivity index (χ3n) is 10.7. The van der Waals surface area contributed by atoms with Crippen LogP contribution in [0.1, 0.15) is 70.4 Å². The Morgan fingerprint density at radius 2 is 1.67 bits per heavy atom. The maximum absolute atomic E-state index is 13.4. The number of piperidine rings is 3. The summed E-state index contributed by atoms with van der Waals surface area (Å²) in [7, 11) is 0. The zero-order valence-corrected chi connectivity index (χ0v) is 29.7. The molecule has 3 saturated heterocycles. The first-order valence-electron chi connectivity index (χ1n) is 18.2. The second-order valence-corrected chi connectivity index (χ2v) is 14.2. The lowest BCUT2D eigenvalue weighted by molar-refractivity contribution is -0.137. The van der Waals surface area contributed by atoms with Gasteiger partial charge in [0, 0.05) is 56.9 Å².